The Bertz CT molecular complexity index is 453. The molecular formula is C13H20N2O3S. The summed E-state index contributed by atoms with van der Waals surface area (Å²) in [7, 11) is 1.91. The minimum atomic E-state index is -0.655. The number of hydrogen-bond acceptors (Lipinski definition) is 5. The fourth-order valence-electron chi connectivity index (χ4n) is 2.66. The van der Waals surface area contributed by atoms with Crippen molar-refractivity contribution in [1.82, 2.24) is 0 Å². The SMILES string of the molecule is C[C@H](O)c1cc([N+](=O)[O-])c(N(C)CC2CCCC2)s1. The standard InChI is InChI=1S/C13H20N2O3S/c1-9(16)12-7-11(15(17)18)13(19-12)14(2)8-10-5-3-4-6-10/h7,9-10,16H,3-6,8H2,1-2H3/t9-/m0/s1. The van der Waals surface area contributed by atoms with Crippen LogP contribution in [0.5, 0.6) is 0 Å². The molecule has 0 aromatic carbocycles. The zero-order valence-electron chi connectivity index (χ0n) is 11.3. The molecule has 2 rings (SSSR count). The lowest BCUT2D eigenvalue weighted by molar-refractivity contribution is -0.383. The van der Waals surface area contributed by atoms with E-state index in [2.05, 4.69) is 0 Å². The second kappa shape index (κ2) is 5.88. The van der Waals surface area contributed by atoms with Gasteiger partial charge in [-0.15, -0.1) is 11.3 Å². The molecule has 19 heavy (non-hydrogen) atoms. The lowest BCUT2D eigenvalue weighted by Gasteiger charge is -2.20. The topological polar surface area (TPSA) is 66.6 Å². The first kappa shape index (κ1) is 14.3. The lowest BCUT2D eigenvalue weighted by atomic mass is 10.1. The van der Waals surface area contributed by atoms with Gasteiger partial charge in [-0.05, 0) is 25.7 Å². The molecule has 0 amide bonds. The van der Waals surface area contributed by atoms with E-state index < -0.39 is 6.10 Å². The van der Waals surface area contributed by atoms with E-state index in [-0.39, 0.29) is 10.6 Å². The number of nitro groups is 1. The van der Waals surface area contributed by atoms with Crippen LogP contribution in [0.15, 0.2) is 6.07 Å². The highest BCUT2D eigenvalue weighted by atomic mass is 32.1. The van der Waals surface area contributed by atoms with E-state index in [0.29, 0.717) is 15.8 Å². The Labute approximate surface area is 117 Å². The summed E-state index contributed by atoms with van der Waals surface area (Å²) in [5.41, 5.74) is 0.112. The van der Waals surface area contributed by atoms with Crippen LogP contribution in [-0.4, -0.2) is 23.6 Å². The summed E-state index contributed by atoms with van der Waals surface area (Å²) in [6.07, 6.45) is 4.31. The molecule has 1 heterocycles. The predicted molar refractivity (Wildman–Crippen MR) is 76.8 cm³/mol. The first-order valence-electron chi connectivity index (χ1n) is 6.66. The molecule has 1 aromatic heterocycles. The van der Waals surface area contributed by atoms with E-state index in [4.69, 9.17) is 0 Å². The summed E-state index contributed by atoms with van der Waals surface area (Å²) in [6, 6.07) is 1.50. The first-order chi connectivity index (χ1) is 8.99. The number of anilines is 1. The average molecular weight is 284 g/mol. The van der Waals surface area contributed by atoms with Crippen molar-refractivity contribution in [2.75, 3.05) is 18.5 Å². The highest BCUT2D eigenvalue weighted by Crippen LogP contribution is 2.40. The van der Waals surface area contributed by atoms with Crippen molar-refractivity contribution in [3.05, 3.63) is 21.1 Å². The highest BCUT2D eigenvalue weighted by Gasteiger charge is 2.26. The third kappa shape index (κ3) is 3.25. The monoisotopic (exact) mass is 284 g/mol. The maximum Gasteiger partial charge on any atom is 0.304 e. The molecule has 0 unspecified atom stereocenters. The van der Waals surface area contributed by atoms with E-state index in [1.54, 1.807) is 6.92 Å². The number of hydrogen-bond donors (Lipinski definition) is 1. The molecule has 0 bridgehead atoms. The van der Waals surface area contributed by atoms with Crippen LogP contribution in [0.1, 0.15) is 43.6 Å². The Balaban J connectivity index is 2.18. The Hall–Kier alpha value is -1.14. The zero-order valence-corrected chi connectivity index (χ0v) is 12.2. The second-order valence-corrected chi connectivity index (χ2v) is 6.37. The Morgan fingerprint density at radius 1 is 1.58 bits per heavy atom. The molecule has 0 spiro atoms. The van der Waals surface area contributed by atoms with Crippen molar-refractivity contribution < 1.29 is 10.0 Å². The van der Waals surface area contributed by atoms with Gasteiger partial charge in [-0.1, -0.05) is 12.8 Å². The molecule has 6 heteroatoms. The van der Waals surface area contributed by atoms with Gasteiger partial charge in [0, 0.05) is 24.5 Å². The van der Waals surface area contributed by atoms with Crippen molar-refractivity contribution in [2.45, 2.75) is 38.7 Å². The molecular weight excluding hydrogens is 264 g/mol. The van der Waals surface area contributed by atoms with Crippen LogP contribution in [-0.2, 0) is 0 Å². The van der Waals surface area contributed by atoms with Gasteiger partial charge in [-0.2, -0.15) is 0 Å². The van der Waals surface area contributed by atoms with Gasteiger partial charge in [0.1, 0.15) is 0 Å². The fourth-order valence-corrected chi connectivity index (χ4v) is 3.70. The first-order valence-corrected chi connectivity index (χ1v) is 7.48. The van der Waals surface area contributed by atoms with E-state index in [9.17, 15) is 15.2 Å². The number of nitrogens with zero attached hydrogens (tertiary/aromatic N) is 2. The van der Waals surface area contributed by atoms with Crippen molar-refractivity contribution in [3.63, 3.8) is 0 Å². The molecule has 1 aromatic rings. The number of thiophene rings is 1. The van der Waals surface area contributed by atoms with Crippen LogP contribution in [0.4, 0.5) is 10.7 Å². The Morgan fingerprint density at radius 2 is 2.21 bits per heavy atom. The summed E-state index contributed by atoms with van der Waals surface area (Å²) in [4.78, 5) is 13.4. The minimum absolute atomic E-state index is 0.112. The Kier molecular flexibility index (Phi) is 4.42. The summed E-state index contributed by atoms with van der Waals surface area (Å²) < 4.78 is 0. The van der Waals surface area contributed by atoms with Crippen LogP contribution in [0.2, 0.25) is 0 Å². The third-order valence-electron chi connectivity index (χ3n) is 3.67. The molecule has 1 atom stereocenters. The normalized spacial score (nSPS) is 17.6. The number of rotatable bonds is 5. The van der Waals surface area contributed by atoms with Crippen molar-refractivity contribution >= 4 is 22.0 Å². The molecule has 1 aliphatic rings. The van der Waals surface area contributed by atoms with Crippen molar-refractivity contribution in [2.24, 2.45) is 5.92 Å². The zero-order chi connectivity index (χ0) is 14.0. The fraction of sp³-hybridized carbons (Fsp3) is 0.692. The smallest absolute Gasteiger partial charge is 0.304 e. The number of aliphatic hydroxyl groups excluding tert-OH is 1. The van der Waals surface area contributed by atoms with Crippen molar-refractivity contribution in [3.8, 4) is 0 Å². The van der Waals surface area contributed by atoms with Crippen LogP contribution >= 0.6 is 11.3 Å². The van der Waals surface area contributed by atoms with Crippen LogP contribution in [0.3, 0.4) is 0 Å². The maximum atomic E-state index is 11.1. The second-order valence-electron chi connectivity index (χ2n) is 5.30. The lowest BCUT2D eigenvalue weighted by Crippen LogP contribution is -2.23. The van der Waals surface area contributed by atoms with E-state index in [1.807, 2.05) is 11.9 Å². The largest absolute Gasteiger partial charge is 0.388 e. The Morgan fingerprint density at radius 3 is 2.74 bits per heavy atom. The van der Waals surface area contributed by atoms with Crippen LogP contribution < -0.4 is 4.90 Å². The van der Waals surface area contributed by atoms with Crippen LogP contribution in [0, 0.1) is 16.0 Å². The van der Waals surface area contributed by atoms with E-state index in [0.717, 1.165) is 6.54 Å². The average Bonchev–Trinajstić information content (AvgIpc) is 2.96. The summed E-state index contributed by atoms with van der Waals surface area (Å²) in [6.45, 7) is 2.50. The third-order valence-corrected chi connectivity index (χ3v) is 5.08. The summed E-state index contributed by atoms with van der Waals surface area (Å²) in [5.74, 6) is 0.640. The van der Waals surface area contributed by atoms with Gasteiger partial charge in [0.2, 0.25) is 0 Å². The van der Waals surface area contributed by atoms with Gasteiger partial charge in [-0.25, -0.2) is 0 Å². The summed E-state index contributed by atoms with van der Waals surface area (Å²) in [5, 5.41) is 21.3. The van der Waals surface area contributed by atoms with Gasteiger partial charge in [0.05, 0.1) is 11.0 Å². The van der Waals surface area contributed by atoms with Gasteiger partial charge >= 0.3 is 5.69 Å². The van der Waals surface area contributed by atoms with E-state index in [1.165, 1.54) is 43.1 Å². The minimum Gasteiger partial charge on any atom is -0.388 e. The van der Waals surface area contributed by atoms with Crippen LogP contribution in [0.25, 0.3) is 0 Å². The van der Waals surface area contributed by atoms with Gasteiger partial charge < -0.3 is 10.0 Å². The molecule has 0 radical (unpaired) electrons. The van der Waals surface area contributed by atoms with Gasteiger partial charge in [0.15, 0.2) is 5.00 Å². The van der Waals surface area contributed by atoms with Gasteiger partial charge in [0.25, 0.3) is 0 Å². The molecule has 0 aliphatic heterocycles. The molecule has 1 fully saturated rings. The predicted octanol–water partition coefficient (Wildman–Crippen LogP) is 3.34. The van der Waals surface area contributed by atoms with Crippen molar-refractivity contribution in [1.29, 1.82) is 0 Å². The van der Waals surface area contributed by atoms with Gasteiger partial charge in [-0.3, -0.25) is 10.1 Å². The highest BCUT2D eigenvalue weighted by molar-refractivity contribution is 7.16. The number of aliphatic hydroxyl groups is 1. The molecule has 106 valence electrons. The molecule has 5 nitrogen and oxygen atoms in total. The molecule has 1 N–H and O–H groups in total. The quantitative estimate of drug-likeness (QED) is 0.665. The maximum absolute atomic E-state index is 11.1. The summed E-state index contributed by atoms with van der Waals surface area (Å²) >= 11 is 1.32. The molecule has 0 saturated heterocycles. The molecule has 1 saturated carbocycles. The van der Waals surface area contributed by atoms with E-state index >= 15 is 0 Å². The molecule has 1 aliphatic carbocycles.